The van der Waals surface area contributed by atoms with E-state index < -0.39 is 0 Å². The number of carbonyl (C=O) groups excluding carboxylic acids is 1. The van der Waals surface area contributed by atoms with Crippen molar-refractivity contribution in [1.29, 1.82) is 0 Å². The SMILES string of the molecule is CC1CC(CN)CN1CC(=O)Nc1ccccc1.Cl. The van der Waals surface area contributed by atoms with Gasteiger partial charge in [0.15, 0.2) is 0 Å². The molecule has 3 N–H and O–H groups in total. The second-order valence-corrected chi connectivity index (χ2v) is 5.03. The molecule has 1 aromatic rings. The third kappa shape index (κ3) is 4.49. The zero-order chi connectivity index (χ0) is 13.0. The molecule has 2 unspecified atom stereocenters. The molecule has 2 atom stereocenters. The first-order valence-corrected chi connectivity index (χ1v) is 6.48. The number of nitrogens with zero attached hydrogens (tertiary/aromatic N) is 1. The molecule has 1 aliphatic heterocycles. The lowest BCUT2D eigenvalue weighted by molar-refractivity contribution is -0.117. The third-order valence-corrected chi connectivity index (χ3v) is 3.53. The quantitative estimate of drug-likeness (QED) is 0.885. The summed E-state index contributed by atoms with van der Waals surface area (Å²) >= 11 is 0. The normalized spacial score (nSPS) is 22.8. The Hall–Kier alpha value is -1.10. The number of nitrogens with one attached hydrogen (secondary N) is 1. The Bertz CT molecular complexity index is 399. The number of hydrogen-bond acceptors (Lipinski definition) is 3. The van der Waals surface area contributed by atoms with Gasteiger partial charge >= 0.3 is 0 Å². The molecule has 0 spiro atoms. The second-order valence-electron chi connectivity index (χ2n) is 5.03. The minimum absolute atomic E-state index is 0. The molecule has 0 bridgehead atoms. The highest BCUT2D eigenvalue weighted by Crippen LogP contribution is 2.21. The molecule has 19 heavy (non-hydrogen) atoms. The first-order chi connectivity index (χ1) is 8.69. The van der Waals surface area contributed by atoms with E-state index in [1.54, 1.807) is 0 Å². The van der Waals surface area contributed by atoms with Crippen LogP contribution in [0.5, 0.6) is 0 Å². The number of benzene rings is 1. The number of anilines is 1. The summed E-state index contributed by atoms with van der Waals surface area (Å²) in [6.45, 7) is 4.25. The van der Waals surface area contributed by atoms with Gasteiger partial charge in [0.25, 0.3) is 0 Å². The minimum Gasteiger partial charge on any atom is -0.330 e. The minimum atomic E-state index is 0. The van der Waals surface area contributed by atoms with Crippen LogP contribution in [0.4, 0.5) is 5.69 Å². The van der Waals surface area contributed by atoms with Crippen LogP contribution < -0.4 is 11.1 Å². The van der Waals surface area contributed by atoms with Gasteiger partial charge in [-0.25, -0.2) is 0 Å². The third-order valence-electron chi connectivity index (χ3n) is 3.53. The zero-order valence-corrected chi connectivity index (χ0v) is 12.0. The van der Waals surface area contributed by atoms with E-state index in [-0.39, 0.29) is 18.3 Å². The van der Waals surface area contributed by atoms with Crippen molar-refractivity contribution in [3.63, 3.8) is 0 Å². The molecule has 106 valence electrons. The summed E-state index contributed by atoms with van der Waals surface area (Å²) in [4.78, 5) is 14.1. The molecule has 1 aliphatic rings. The van der Waals surface area contributed by atoms with Crippen LogP contribution in [0.25, 0.3) is 0 Å². The fourth-order valence-electron chi connectivity index (χ4n) is 2.52. The lowest BCUT2D eigenvalue weighted by Gasteiger charge is -2.20. The summed E-state index contributed by atoms with van der Waals surface area (Å²) in [7, 11) is 0. The van der Waals surface area contributed by atoms with Crippen molar-refractivity contribution >= 4 is 24.0 Å². The van der Waals surface area contributed by atoms with E-state index in [0.29, 0.717) is 25.0 Å². The van der Waals surface area contributed by atoms with E-state index in [4.69, 9.17) is 5.73 Å². The fourth-order valence-corrected chi connectivity index (χ4v) is 2.52. The van der Waals surface area contributed by atoms with Crippen LogP contribution in [-0.2, 0) is 4.79 Å². The average Bonchev–Trinajstić information content (AvgIpc) is 2.71. The monoisotopic (exact) mass is 283 g/mol. The van der Waals surface area contributed by atoms with Gasteiger partial charge in [-0.15, -0.1) is 12.4 Å². The van der Waals surface area contributed by atoms with Gasteiger partial charge in [-0.05, 0) is 37.9 Å². The van der Waals surface area contributed by atoms with Crippen molar-refractivity contribution in [3.8, 4) is 0 Å². The molecule has 0 aromatic heterocycles. The lowest BCUT2D eigenvalue weighted by Crippen LogP contribution is -2.35. The van der Waals surface area contributed by atoms with E-state index in [1.165, 1.54) is 0 Å². The maximum absolute atomic E-state index is 11.9. The summed E-state index contributed by atoms with van der Waals surface area (Å²) in [5, 5.41) is 2.91. The topological polar surface area (TPSA) is 58.4 Å². The predicted molar refractivity (Wildman–Crippen MR) is 80.5 cm³/mol. The van der Waals surface area contributed by atoms with Gasteiger partial charge in [-0.3, -0.25) is 9.69 Å². The first-order valence-electron chi connectivity index (χ1n) is 6.48. The van der Waals surface area contributed by atoms with Crippen molar-refractivity contribution in [2.24, 2.45) is 11.7 Å². The first kappa shape index (κ1) is 16.0. The van der Waals surface area contributed by atoms with E-state index in [2.05, 4.69) is 17.1 Å². The number of likely N-dealkylation sites (tertiary alicyclic amines) is 1. The van der Waals surface area contributed by atoms with Crippen LogP contribution in [0.1, 0.15) is 13.3 Å². The summed E-state index contributed by atoms with van der Waals surface area (Å²) < 4.78 is 0. The maximum Gasteiger partial charge on any atom is 0.238 e. The van der Waals surface area contributed by atoms with Crippen molar-refractivity contribution < 1.29 is 4.79 Å². The zero-order valence-electron chi connectivity index (χ0n) is 11.2. The summed E-state index contributed by atoms with van der Waals surface area (Å²) in [5.74, 6) is 0.579. The largest absolute Gasteiger partial charge is 0.330 e. The summed E-state index contributed by atoms with van der Waals surface area (Å²) in [5.41, 5.74) is 6.54. The van der Waals surface area contributed by atoms with Crippen molar-refractivity contribution in [1.82, 2.24) is 4.90 Å². The van der Waals surface area contributed by atoms with E-state index in [9.17, 15) is 4.79 Å². The number of rotatable bonds is 4. The lowest BCUT2D eigenvalue weighted by atomic mass is 10.1. The molecular formula is C14H22ClN3O. The number of hydrogen-bond donors (Lipinski definition) is 2. The van der Waals surface area contributed by atoms with Crippen LogP contribution in [0.15, 0.2) is 30.3 Å². The molecule has 1 fully saturated rings. The number of nitrogens with two attached hydrogens (primary N) is 1. The number of carbonyl (C=O) groups is 1. The summed E-state index contributed by atoms with van der Waals surface area (Å²) in [6.07, 6.45) is 1.09. The van der Waals surface area contributed by atoms with Gasteiger partial charge in [-0.1, -0.05) is 18.2 Å². The fraction of sp³-hybridized carbons (Fsp3) is 0.500. The molecule has 5 heteroatoms. The van der Waals surface area contributed by atoms with Gasteiger partial charge in [0.2, 0.25) is 5.91 Å². The highest BCUT2D eigenvalue weighted by Gasteiger charge is 2.29. The molecule has 0 saturated carbocycles. The molecule has 0 aliphatic carbocycles. The van der Waals surface area contributed by atoms with Crippen molar-refractivity contribution in [3.05, 3.63) is 30.3 Å². The molecule has 1 heterocycles. The Kier molecular flexibility index (Phi) is 6.28. The highest BCUT2D eigenvalue weighted by atomic mass is 35.5. The van der Waals surface area contributed by atoms with Gasteiger partial charge in [0.1, 0.15) is 0 Å². The van der Waals surface area contributed by atoms with Gasteiger partial charge in [-0.2, -0.15) is 0 Å². The molecular weight excluding hydrogens is 262 g/mol. The molecule has 1 aromatic carbocycles. The van der Waals surface area contributed by atoms with Crippen LogP contribution in [-0.4, -0.2) is 36.5 Å². The number of halogens is 1. The van der Waals surface area contributed by atoms with Gasteiger partial charge in [0, 0.05) is 18.3 Å². The Labute approximate surface area is 120 Å². The molecule has 0 radical (unpaired) electrons. The Balaban J connectivity index is 0.00000180. The number of amides is 1. The van der Waals surface area contributed by atoms with Crippen molar-refractivity contribution in [2.75, 3.05) is 25.0 Å². The van der Waals surface area contributed by atoms with Crippen molar-refractivity contribution in [2.45, 2.75) is 19.4 Å². The van der Waals surface area contributed by atoms with Gasteiger partial charge in [0.05, 0.1) is 6.54 Å². The van der Waals surface area contributed by atoms with E-state index >= 15 is 0 Å². The highest BCUT2D eigenvalue weighted by molar-refractivity contribution is 5.92. The smallest absolute Gasteiger partial charge is 0.238 e. The average molecular weight is 284 g/mol. The Morgan fingerprint density at radius 1 is 1.42 bits per heavy atom. The van der Waals surface area contributed by atoms with Crippen LogP contribution in [0.3, 0.4) is 0 Å². The molecule has 1 saturated heterocycles. The van der Waals surface area contributed by atoms with Crippen LogP contribution >= 0.6 is 12.4 Å². The predicted octanol–water partition coefficient (Wildman–Crippen LogP) is 1.72. The van der Waals surface area contributed by atoms with Crippen LogP contribution in [0, 0.1) is 5.92 Å². The van der Waals surface area contributed by atoms with Gasteiger partial charge < -0.3 is 11.1 Å². The molecule has 1 amide bonds. The molecule has 4 nitrogen and oxygen atoms in total. The van der Waals surface area contributed by atoms with E-state index in [1.807, 2.05) is 30.3 Å². The second kappa shape index (κ2) is 7.48. The maximum atomic E-state index is 11.9. The van der Waals surface area contributed by atoms with Crippen LogP contribution in [0.2, 0.25) is 0 Å². The standard InChI is InChI=1S/C14H21N3O.ClH/c1-11-7-12(8-15)9-17(11)10-14(18)16-13-5-3-2-4-6-13;/h2-6,11-12H,7-10,15H2,1H3,(H,16,18);1H. The van der Waals surface area contributed by atoms with E-state index in [0.717, 1.165) is 18.7 Å². The Morgan fingerprint density at radius 2 is 2.11 bits per heavy atom. The Morgan fingerprint density at radius 3 is 2.68 bits per heavy atom. The molecule has 2 rings (SSSR count). The summed E-state index contributed by atoms with van der Waals surface area (Å²) in [6, 6.07) is 10.0. The number of para-hydroxylation sites is 1.